The number of hydrogen-bond donors (Lipinski definition) is 0. The summed E-state index contributed by atoms with van der Waals surface area (Å²) < 4.78 is 5.58. The average Bonchev–Trinajstić information content (AvgIpc) is 3.09. The van der Waals surface area contributed by atoms with Crippen LogP contribution < -0.4 is 4.74 Å². The van der Waals surface area contributed by atoms with E-state index in [1.165, 1.54) is 0 Å². The predicted octanol–water partition coefficient (Wildman–Crippen LogP) is 2.56. The number of pyridine rings is 1. The van der Waals surface area contributed by atoms with E-state index in [0.717, 1.165) is 43.5 Å². The molecular formula is C13H17NO2. The third kappa shape index (κ3) is 2.60. The lowest BCUT2D eigenvalue weighted by Crippen LogP contribution is -1.97. The first kappa shape index (κ1) is 11.1. The van der Waals surface area contributed by atoms with Gasteiger partial charge < -0.3 is 9.53 Å². The highest BCUT2D eigenvalue weighted by atomic mass is 16.5. The molecule has 86 valence electrons. The maximum Gasteiger partial charge on any atom is 0.137 e. The molecule has 1 aromatic rings. The van der Waals surface area contributed by atoms with E-state index in [0.29, 0.717) is 5.92 Å². The molecule has 3 heteroatoms. The van der Waals surface area contributed by atoms with E-state index in [1.807, 2.05) is 12.3 Å². The number of nitrogens with zero attached hydrogens (tertiary/aromatic N) is 1. The molecule has 1 aliphatic carbocycles. The summed E-state index contributed by atoms with van der Waals surface area (Å²) in [5.41, 5.74) is 1.13. The van der Waals surface area contributed by atoms with Crippen LogP contribution >= 0.6 is 0 Å². The van der Waals surface area contributed by atoms with Crippen LogP contribution in [0.2, 0.25) is 0 Å². The highest BCUT2D eigenvalue weighted by Gasteiger charge is 2.38. The Bertz CT molecular complexity index is 365. The minimum absolute atomic E-state index is 0.202. The van der Waals surface area contributed by atoms with Crippen molar-refractivity contribution in [2.45, 2.75) is 32.1 Å². The molecule has 3 nitrogen and oxygen atoms in total. The van der Waals surface area contributed by atoms with Crippen LogP contribution in [-0.4, -0.2) is 17.9 Å². The Morgan fingerprint density at radius 1 is 1.56 bits per heavy atom. The molecule has 0 amide bonds. The van der Waals surface area contributed by atoms with Crippen molar-refractivity contribution >= 4 is 6.29 Å². The SMILES string of the molecule is CCCCOc1cncc([C@H]2C[C@@H]2C=O)c1. The van der Waals surface area contributed by atoms with Crippen molar-refractivity contribution in [3.63, 3.8) is 0 Å². The first-order valence-corrected chi connectivity index (χ1v) is 5.88. The Kier molecular flexibility index (Phi) is 3.54. The molecule has 1 heterocycles. The molecular weight excluding hydrogens is 202 g/mol. The van der Waals surface area contributed by atoms with Crippen LogP contribution in [0.3, 0.4) is 0 Å². The second-order valence-corrected chi connectivity index (χ2v) is 4.30. The summed E-state index contributed by atoms with van der Waals surface area (Å²) in [7, 11) is 0. The predicted molar refractivity (Wildman–Crippen MR) is 61.6 cm³/mol. The van der Waals surface area contributed by atoms with Gasteiger partial charge in [-0.25, -0.2) is 0 Å². The minimum Gasteiger partial charge on any atom is -0.492 e. The van der Waals surface area contributed by atoms with Gasteiger partial charge in [-0.05, 0) is 30.4 Å². The molecule has 0 bridgehead atoms. The number of aldehydes is 1. The van der Waals surface area contributed by atoms with E-state index < -0.39 is 0 Å². The fourth-order valence-electron chi connectivity index (χ4n) is 1.80. The summed E-state index contributed by atoms with van der Waals surface area (Å²) in [6, 6.07) is 2.01. The van der Waals surface area contributed by atoms with Gasteiger partial charge >= 0.3 is 0 Å². The second kappa shape index (κ2) is 5.10. The van der Waals surface area contributed by atoms with Crippen molar-refractivity contribution in [3.05, 3.63) is 24.0 Å². The molecule has 1 fully saturated rings. The van der Waals surface area contributed by atoms with Crippen LogP contribution in [0.1, 0.15) is 37.7 Å². The van der Waals surface area contributed by atoms with Crippen molar-refractivity contribution < 1.29 is 9.53 Å². The fourth-order valence-corrected chi connectivity index (χ4v) is 1.80. The Morgan fingerprint density at radius 3 is 3.12 bits per heavy atom. The highest BCUT2D eigenvalue weighted by molar-refractivity contribution is 5.61. The third-order valence-electron chi connectivity index (χ3n) is 2.94. The van der Waals surface area contributed by atoms with Crippen LogP contribution in [0, 0.1) is 5.92 Å². The number of carbonyl (C=O) groups excluding carboxylic acids is 1. The maximum absolute atomic E-state index is 10.6. The van der Waals surface area contributed by atoms with Gasteiger partial charge in [0.2, 0.25) is 0 Å². The van der Waals surface area contributed by atoms with Crippen molar-refractivity contribution in [1.29, 1.82) is 0 Å². The van der Waals surface area contributed by atoms with Crippen LogP contribution in [0.5, 0.6) is 5.75 Å². The number of carbonyl (C=O) groups is 1. The van der Waals surface area contributed by atoms with Crippen LogP contribution in [0.4, 0.5) is 0 Å². The zero-order valence-corrected chi connectivity index (χ0v) is 9.56. The van der Waals surface area contributed by atoms with Crippen molar-refractivity contribution in [1.82, 2.24) is 4.98 Å². The third-order valence-corrected chi connectivity index (χ3v) is 2.94. The van der Waals surface area contributed by atoms with Gasteiger partial charge in [-0.3, -0.25) is 4.98 Å². The lowest BCUT2D eigenvalue weighted by Gasteiger charge is -2.06. The molecule has 2 atom stereocenters. The monoisotopic (exact) mass is 219 g/mol. The number of hydrogen-bond acceptors (Lipinski definition) is 3. The Labute approximate surface area is 95.8 Å². The summed E-state index contributed by atoms with van der Waals surface area (Å²) in [6.45, 7) is 2.88. The van der Waals surface area contributed by atoms with E-state index in [-0.39, 0.29) is 5.92 Å². The number of rotatable bonds is 6. The Morgan fingerprint density at radius 2 is 2.44 bits per heavy atom. The van der Waals surface area contributed by atoms with Gasteiger partial charge in [0.15, 0.2) is 0 Å². The summed E-state index contributed by atoms with van der Waals surface area (Å²) in [5.74, 6) is 1.40. The van der Waals surface area contributed by atoms with E-state index in [4.69, 9.17) is 4.74 Å². The molecule has 0 aromatic carbocycles. The van der Waals surface area contributed by atoms with Gasteiger partial charge in [0.1, 0.15) is 12.0 Å². The summed E-state index contributed by atoms with van der Waals surface area (Å²) in [4.78, 5) is 14.7. The van der Waals surface area contributed by atoms with E-state index in [1.54, 1.807) is 6.20 Å². The van der Waals surface area contributed by atoms with Gasteiger partial charge in [0, 0.05) is 12.1 Å². The topological polar surface area (TPSA) is 39.2 Å². The number of unbranched alkanes of at least 4 members (excludes halogenated alkanes) is 1. The lowest BCUT2D eigenvalue weighted by molar-refractivity contribution is -0.108. The standard InChI is InChI=1S/C13H17NO2/c1-2-3-4-16-12-5-10(7-14-8-12)13-6-11(13)9-15/h5,7-9,11,13H,2-4,6H2,1H3/t11-,13-/m1/s1. The fraction of sp³-hybridized carbons (Fsp3) is 0.538. The maximum atomic E-state index is 10.6. The van der Waals surface area contributed by atoms with E-state index in [2.05, 4.69) is 11.9 Å². The molecule has 0 N–H and O–H groups in total. The molecule has 2 rings (SSSR count). The quantitative estimate of drug-likeness (QED) is 0.545. The molecule has 16 heavy (non-hydrogen) atoms. The van der Waals surface area contributed by atoms with Gasteiger partial charge in [-0.2, -0.15) is 0 Å². The highest BCUT2D eigenvalue weighted by Crippen LogP contribution is 2.46. The van der Waals surface area contributed by atoms with Crippen molar-refractivity contribution in [3.8, 4) is 5.75 Å². The molecule has 1 aromatic heterocycles. The molecule has 0 unspecified atom stereocenters. The average molecular weight is 219 g/mol. The van der Waals surface area contributed by atoms with Gasteiger partial charge in [0.25, 0.3) is 0 Å². The molecule has 0 aliphatic heterocycles. The second-order valence-electron chi connectivity index (χ2n) is 4.30. The summed E-state index contributed by atoms with van der Waals surface area (Å²) in [6.07, 6.45) is 7.75. The van der Waals surface area contributed by atoms with Gasteiger partial charge in [-0.15, -0.1) is 0 Å². The number of ether oxygens (including phenoxy) is 1. The molecule has 1 saturated carbocycles. The van der Waals surface area contributed by atoms with Crippen LogP contribution in [-0.2, 0) is 4.79 Å². The molecule has 1 aliphatic rings. The Balaban J connectivity index is 1.94. The zero-order chi connectivity index (χ0) is 11.4. The molecule has 0 spiro atoms. The number of aromatic nitrogens is 1. The summed E-state index contributed by atoms with van der Waals surface area (Å²) in [5, 5.41) is 0. The van der Waals surface area contributed by atoms with Crippen molar-refractivity contribution in [2.75, 3.05) is 6.61 Å². The molecule has 0 radical (unpaired) electrons. The Hall–Kier alpha value is -1.38. The van der Waals surface area contributed by atoms with Crippen LogP contribution in [0.15, 0.2) is 18.5 Å². The van der Waals surface area contributed by atoms with E-state index >= 15 is 0 Å². The first-order chi connectivity index (χ1) is 7.85. The minimum atomic E-state index is 0.202. The van der Waals surface area contributed by atoms with Crippen molar-refractivity contribution in [2.24, 2.45) is 5.92 Å². The lowest BCUT2D eigenvalue weighted by atomic mass is 10.1. The van der Waals surface area contributed by atoms with Crippen LogP contribution in [0.25, 0.3) is 0 Å². The van der Waals surface area contributed by atoms with E-state index in [9.17, 15) is 4.79 Å². The molecule has 0 saturated heterocycles. The summed E-state index contributed by atoms with van der Waals surface area (Å²) >= 11 is 0. The zero-order valence-electron chi connectivity index (χ0n) is 9.56. The normalized spacial score (nSPS) is 22.8. The van der Waals surface area contributed by atoms with Gasteiger partial charge in [0.05, 0.1) is 12.8 Å². The first-order valence-electron chi connectivity index (χ1n) is 5.88. The smallest absolute Gasteiger partial charge is 0.137 e. The largest absolute Gasteiger partial charge is 0.492 e. The van der Waals surface area contributed by atoms with Gasteiger partial charge in [-0.1, -0.05) is 13.3 Å².